The number of carbonyl (C=O) groups excluding carboxylic acids is 1. The van der Waals surface area contributed by atoms with Crippen molar-refractivity contribution in [3.05, 3.63) is 24.4 Å². The van der Waals surface area contributed by atoms with Crippen LogP contribution in [-0.4, -0.2) is 17.7 Å². The first-order valence-electron chi connectivity index (χ1n) is 4.53. The Morgan fingerprint density at radius 3 is 2.93 bits per heavy atom. The summed E-state index contributed by atoms with van der Waals surface area (Å²) in [6, 6.07) is 5.28. The SMILES string of the molecule is CC(C)COC(=O)Nc1ccccn1. The number of rotatable bonds is 3. The second-order valence-corrected chi connectivity index (χ2v) is 3.33. The summed E-state index contributed by atoms with van der Waals surface area (Å²) in [5, 5.41) is 2.52. The fourth-order valence-corrected chi connectivity index (χ4v) is 0.820. The molecule has 1 aromatic heterocycles. The van der Waals surface area contributed by atoms with Crippen LogP contribution < -0.4 is 5.32 Å². The van der Waals surface area contributed by atoms with Crippen LogP contribution in [0.25, 0.3) is 0 Å². The van der Waals surface area contributed by atoms with Gasteiger partial charge in [0.25, 0.3) is 0 Å². The molecule has 14 heavy (non-hydrogen) atoms. The zero-order valence-electron chi connectivity index (χ0n) is 8.36. The Balaban J connectivity index is 2.35. The van der Waals surface area contributed by atoms with Crippen molar-refractivity contribution in [2.24, 2.45) is 5.92 Å². The van der Waals surface area contributed by atoms with Crippen molar-refractivity contribution in [3.63, 3.8) is 0 Å². The molecule has 1 aromatic rings. The lowest BCUT2D eigenvalue weighted by atomic mass is 10.2. The molecule has 0 unspecified atom stereocenters. The van der Waals surface area contributed by atoms with E-state index in [1.165, 1.54) is 0 Å². The molecule has 0 bridgehead atoms. The third-order valence-electron chi connectivity index (χ3n) is 1.44. The number of nitrogens with one attached hydrogen (secondary N) is 1. The molecule has 76 valence electrons. The topological polar surface area (TPSA) is 51.2 Å². The van der Waals surface area contributed by atoms with Gasteiger partial charge in [-0.15, -0.1) is 0 Å². The highest BCUT2D eigenvalue weighted by atomic mass is 16.5. The first-order valence-corrected chi connectivity index (χ1v) is 4.53. The second kappa shape index (κ2) is 5.21. The standard InChI is InChI=1S/C10H14N2O2/c1-8(2)7-14-10(13)12-9-5-3-4-6-11-9/h3-6,8H,7H2,1-2H3,(H,11,12,13). The molecule has 4 heteroatoms. The van der Waals surface area contributed by atoms with E-state index in [1.54, 1.807) is 24.4 Å². The van der Waals surface area contributed by atoms with Gasteiger partial charge < -0.3 is 4.74 Å². The number of aromatic nitrogens is 1. The summed E-state index contributed by atoms with van der Waals surface area (Å²) in [4.78, 5) is 15.1. The van der Waals surface area contributed by atoms with Crippen LogP contribution in [0.1, 0.15) is 13.8 Å². The van der Waals surface area contributed by atoms with Gasteiger partial charge in [-0.25, -0.2) is 9.78 Å². The number of hydrogen-bond acceptors (Lipinski definition) is 3. The maximum Gasteiger partial charge on any atom is 0.412 e. The molecule has 0 fully saturated rings. The Labute approximate surface area is 83.3 Å². The molecule has 1 N–H and O–H groups in total. The molecule has 4 nitrogen and oxygen atoms in total. The van der Waals surface area contributed by atoms with Gasteiger partial charge >= 0.3 is 6.09 Å². The number of pyridine rings is 1. The van der Waals surface area contributed by atoms with Crippen LogP contribution in [0, 0.1) is 5.92 Å². The second-order valence-electron chi connectivity index (χ2n) is 3.33. The number of ether oxygens (including phenoxy) is 1. The number of amides is 1. The molecule has 0 aromatic carbocycles. The van der Waals surface area contributed by atoms with Crippen LogP contribution in [0.4, 0.5) is 10.6 Å². The molecule has 1 rings (SSSR count). The van der Waals surface area contributed by atoms with Crippen LogP contribution in [0.3, 0.4) is 0 Å². The average molecular weight is 194 g/mol. The Morgan fingerprint density at radius 1 is 1.57 bits per heavy atom. The van der Waals surface area contributed by atoms with E-state index in [0.717, 1.165) is 0 Å². The van der Waals surface area contributed by atoms with E-state index in [2.05, 4.69) is 10.3 Å². The van der Waals surface area contributed by atoms with Crippen LogP contribution in [-0.2, 0) is 4.74 Å². The molecule has 1 heterocycles. The summed E-state index contributed by atoms with van der Waals surface area (Å²) in [5.41, 5.74) is 0. The smallest absolute Gasteiger partial charge is 0.412 e. The Morgan fingerprint density at radius 2 is 2.36 bits per heavy atom. The fraction of sp³-hybridized carbons (Fsp3) is 0.400. The van der Waals surface area contributed by atoms with E-state index in [0.29, 0.717) is 18.3 Å². The minimum absolute atomic E-state index is 0.337. The lowest BCUT2D eigenvalue weighted by molar-refractivity contribution is 0.147. The highest BCUT2D eigenvalue weighted by Gasteiger charge is 2.04. The summed E-state index contributed by atoms with van der Waals surface area (Å²) in [5.74, 6) is 0.839. The lowest BCUT2D eigenvalue weighted by Gasteiger charge is -2.07. The van der Waals surface area contributed by atoms with Crippen molar-refractivity contribution >= 4 is 11.9 Å². The van der Waals surface area contributed by atoms with Gasteiger partial charge in [0.1, 0.15) is 5.82 Å². The van der Waals surface area contributed by atoms with Crippen molar-refractivity contribution in [1.82, 2.24) is 4.98 Å². The van der Waals surface area contributed by atoms with Gasteiger partial charge in [0, 0.05) is 6.20 Å². The molecule has 0 atom stereocenters. The number of carbonyl (C=O) groups is 1. The number of hydrogen-bond donors (Lipinski definition) is 1. The normalized spacial score (nSPS) is 9.93. The first kappa shape index (κ1) is 10.5. The van der Waals surface area contributed by atoms with E-state index in [9.17, 15) is 4.79 Å². The van der Waals surface area contributed by atoms with E-state index in [-0.39, 0.29) is 0 Å². The molecule has 0 aliphatic carbocycles. The third kappa shape index (κ3) is 3.89. The zero-order chi connectivity index (χ0) is 10.4. The van der Waals surface area contributed by atoms with E-state index in [4.69, 9.17) is 4.74 Å². The summed E-state index contributed by atoms with van der Waals surface area (Å²) in [6.07, 6.45) is 1.15. The maximum atomic E-state index is 11.1. The molecular formula is C10H14N2O2. The Kier molecular flexibility index (Phi) is 3.91. The zero-order valence-corrected chi connectivity index (χ0v) is 8.36. The average Bonchev–Trinajstić information content (AvgIpc) is 2.16. The Hall–Kier alpha value is -1.58. The van der Waals surface area contributed by atoms with Crippen molar-refractivity contribution in [2.45, 2.75) is 13.8 Å². The van der Waals surface area contributed by atoms with Gasteiger partial charge in [0.05, 0.1) is 6.61 Å². The van der Waals surface area contributed by atoms with Crippen LogP contribution in [0.2, 0.25) is 0 Å². The van der Waals surface area contributed by atoms with E-state index >= 15 is 0 Å². The molecule has 0 saturated heterocycles. The molecule has 0 radical (unpaired) electrons. The summed E-state index contributed by atoms with van der Waals surface area (Å²) in [6.45, 7) is 4.38. The summed E-state index contributed by atoms with van der Waals surface area (Å²) >= 11 is 0. The quantitative estimate of drug-likeness (QED) is 0.803. The van der Waals surface area contributed by atoms with Crippen LogP contribution in [0.5, 0.6) is 0 Å². The monoisotopic (exact) mass is 194 g/mol. The molecular weight excluding hydrogens is 180 g/mol. The summed E-state index contributed by atoms with van der Waals surface area (Å²) in [7, 11) is 0. The van der Waals surface area contributed by atoms with Gasteiger partial charge in [-0.2, -0.15) is 0 Å². The van der Waals surface area contributed by atoms with Crippen molar-refractivity contribution < 1.29 is 9.53 Å². The van der Waals surface area contributed by atoms with E-state index in [1.807, 2.05) is 13.8 Å². The van der Waals surface area contributed by atoms with Crippen LogP contribution >= 0.6 is 0 Å². The molecule has 0 spiro atoms. The molecule has 0 saturated carbocycles. The maximum absolute atomic E-state index is 11.1. The third-order valence-corrected chi connectivity index (χ3v) is 1.44. The minimum atomic E-state index is -0.461. The highest BCUT2D eigenvalue weighted by molar-refractivity contribution is 5.83. The first-order chi connectivity index (χ1) is 6.68. The van der Waals surface area contributed by atoms with E-state index < -0.39 is 6.09 Å². The molecule has 0 aliphatic heterocycles. The predicted molar refractivity (Wildman–Crippen MR) is 54.0 cm³/mol. The minimum Gasteiger partial charge on any atom is -0.449 e. The lowest BCUT2D eigenvalue weighted by Crippen LogP contribution is -2.17. The number of anilines is 1. The van der Waals surface area contributed by atoms with Crippen molar-refractivity contribution in [2.75, 3.05) is 11.9 Å². The van der Waals surface area contributed by atoms with Gasteiger partial charge in [0.2, 0.25) is 0 Å². The van der Waals surface area contributed by atoms with Crippen molar-refractivity contribution in [3.8, 4) is 0 Å². The van der Waals surface area contributed by atoms with Gasteiger partial charge in [0.15, 0.2) is 0 Å². The fourth-order valence-electron chi connectivity index (χ4n) is 0.820. The van der Waals surface area contributed by atoms with Gasteiger partial charge in [-0.3, -0.25) is 5.32 Å². The highest BCUT2D eigenvalue weighted by Crippen LogP contribution is 2.01. The summed E-state index contributed by atoms with van der Waals surface area (Å²) < 4.78 is 4.92. The van der Waals surface area contributed by atoms with Gasteiger partial charge in [-0.05, 0) is 18.1 Å². The van der Waals surface area contributed by atoms with Crippen LogP contribution in [0.15, 0.2) is 24.4 Å². The number of nitrogens with zero attached hydrogens (tertiary/aromatic N) is 1. The Bertz CT molecular complexity index is 285. The van der Waals surface area contributed by atoms with Gasteiger partial charge in [-0.1, -0.05) is 19.9 Å². The largest absolute Gasteiger partial charge is 0.449 e. The molecule has 0 aliphatic rings. The predicted octanol–water partition coefficient (Wildman–Crippen LogP) is 2.29. The molecule has 1 amide bonds. The van der Waals surface area contributed by atoms with Crippen molar-refractivity contribution in [1.29, 1.82) is 0 Å².